The minimum absolute atomic E-state index is 0.166. The van der Waals surface area contributed by atoms with Gasteiger partial charge in [-0.2, -0.15) is 0 Å². The second-order valence-electron chi connectivity index (χ2n) is 6.31. The fourth-order valence-corrected chi connectivity index (χ4v) is 3.25. The molecule has 148 valence electrons. The van der Waals surface area contributed by atoms with Gasteiger partial charge in [-0.3, -0.25) is 14.9 Å². The molecular formula is C21H17ClN2O5. The maximum atomic E-state index is 12.8. The van der Waals surface area contributed by atoms with Gasteiger partial charge in [-0.15, -0.1) is 0 Å². The summed E-state index contributed by atoms with van der Waals surface area (Å²) in [6.07, 6.45) is 1.71. The number of carbonyl (C=O) groups excluding carboxylic acids is 1. The summed E-state index contributed by atoms with van der Waals surface area (Å²) in [6, 6.07) is 15.3. The molecule has 3 aromatic rings. The van der Waals surface area contributed by atoms with E-state index in [4.69, 9.17) is 16.3 Å². The number of ether oxygens (including phenoxy) is 1. The zero-order chi connectivity index (χ0) is 21.0. The fourth-order valence-electron chi connectivity index (χ4n) is 3.08. The largest absolute Gasteiger partial charge is 0.467 e. The smallest absolute Gasteiger partial charge is 0.329 e. The molecule has 0 fully saturated rings. The lowest BCUT2D eigenvalue weighted by molar-refractivity contribution is -0.384. The third-order valence-electron chi connectivity index (χ3n) is 4.50. The number of aromatic nitrogens is 1. The highest BCUT2D eigenvalue weighted by atomic mass is 35.5. The SMILES string of the molecule is COC(=O)C(Cc1ccccc1)n1ccc(-c2cc(Cl)ccc2[N+](=O)[O-])cc1=O. The number of halogens is 1. The number of hydrogen-bond donors (Lipinski definition) is 0. The van der Waals surface area contributed by atoms with Gasteiger partial charge in [0.1, 0.15) is 6.04 Å². The van der Waals surface area contributed by atoms with E-state index < -0.39 is 22.5 Å². The number of hydrogen-bond acceptors (Lipinski definition) is 5. The summed E-state index contributed by atoms with van der Waals surface area (Å²) in [4.78, 5) is 35.9. The molecule has 1 unspecified atom stereocenters. The van der Waals surface area contributed by atoms with Gasteiger partial charge < -0.3 is 9.30 Å². The predicted octanol–water partition coefficient (Wildman–Crippen LogP) is 4.03. The maximum Gasteiger partial charge on any atom is 0.329 e. The van der Waals surface area contributed by atoms with Gasteiger partial charge in [0.2, 0.25) is 0 Å². The lowest BCUT2D eigenvalue weighted by Gasteiger charge is -2.18. The quantitative estimate of drug-likeness (QED) is 0.346. The van der Waals surface area contributed by atoms with E-state index in [1.54, 1.807) is 6.07 Å². The van der Waals surface area contributed by atoms with Crippen molar-refractivity contribution in [2.45, 2.75) is 12.5 Å². The van der Waals surface area contributed by atoms with Gasteiger partial charge >= 0.3 is 5.97 Å². The highest BCUT2D eigenvalue weighted by Crippen LogP contribution is 2.31. The molecule has 1 aromatic heterocycles. The molecule has 8 heteroatoms. The Kier molecular flexibility index (Phi) is 6.09. The molecule has 1 atom stereocenters. The number of nitro benzene ring substituents is 1. The molecule has 0 saturated heterocycles. The summed E-state index contributed by atoms with van der Waals surface area (Å²) in [7, 11) is 1.26. The van der Waals surface area contributed by atoms with Crippen molar-refractivity contribution in [2.75, 3.05) is 7.11 Å². The van der Waals surface area contributed by atoms with Crippen LogP contribution in [0.15, 0.2) is 71.7 Å². The highest BCUT2D eigenvalue weighted by Gasteiger charge is 2.24. The number of methoxy groups -OCH3 is 1. The minimum atomic E-state index is -0.863. The van der Waals surface area contributed by atoms with Crippen LogP contribution in [0.1, 0.15) is 11.6 Å². The Bertz CT molecular complexity index is 1110. The summed E-state index contributed by atoms with van der Waals surface area (Å²) in [6.45, 7) is 0. The van der Waals surface area contributed by atoms with Crippen LogP contribution in [0.2, 0.25) is 5.02 Å². The van der Waals surface area contributed by atoms with E-state index in [9.17, 15) is 19.7 Å². The van der Waals surface area contributed by atoms with E-state index in [0.29, 0.717) is 10.6 Å². The standard InChI is InChI=1S/C21H17ClN2O5/c1-29-21(26)19(11-14-5-3-2-4-6-14)23-10-9-15(12-20(23)25)17-13-16(22)7-8-18(17)24(27)28/h2-10,12-13,19H,11H2,1H3. The van der Waals surface area contributed by atoms with Gasteiger partial charge in [0, 0.05) is 29.8 Å². The zero-order valence-corrected chi connectivity index (χ0v) is 16.2. The number of pyridine rings is 1. The van der Waals surface area contributed by atoms with Crippen LogP contribution < -0.4 is 5.56 Å². The van der Waals surface area contributed by atoms with E-state index in [-0.39, 0.29) is 17.7 Å². The first-order valence-electron chi connectivity index (χ1n) is 8.69. The number of benzene rings is 2. The molecule has 0 aliphatic heterocycles. The van der Waals surface area contributed by atoms with Gasteiger partial charge in [0.05, 0.1) is 17.6 Å². The van der Waals surface area contributed by atoms with Crippen LogP contribution >= 0.6 is 11.6 Å². The average molecular weight is 413 g/mol. The Morgan fingerprint density at radius 2 is 1.90 bits per heavy atom. The first-order valence-corrected chi connectivity index (χ1v) is 9.06. The summed E-state index contributed by atoms with van der Waals surface area (Å²) in [5.74, 6) is -0.558. The van der Waals surface area contributed by atoms with E-state index in [1.807, 2.05) is 30.3 Å². The highest BCUT2D eigenvalue weighted by molar-refractivity contribution is 6.31. The second-order valence-corrected chi connectivity index (χ2v) is 6.74. The number of nitro groups is 1. The Balaban J connectivity index is 2.04. The molecule has 0 aliphatic rings. The predicted molar refractivity (Wildman–Crippen MR) is 109 cm³/mol. The van der Waals surface area contributed by atoms with Crippen molar-refractivity contribution in [1.29, 1.82) is 0 Å². The van der Waals surface area contributed by atoms with Crippen molar-refractivity contribution < 1.29 is 14.5 Å². The van der Waals surface area contributed by atoms with Gasteiger partial charge in [-0.25, -0.2) is 4.79 Å². The van der Waals surface area contributed by atoms with Crippen LogP contribution in [0.3, 0.4) is 0 Å². The number of rotatable bonds is 6. The Hall–Kier alpha value is -3.45. The molecule has 0 bridgehead atoms. The molecule has 0 N–H and O–H groups in total. The molecule has 0 saturated carbocycles. The topological polar surface area (TPSA) is 91.4 Å². The van der Waals surface area contributed by atoms with Crippen LogP contribution in [0.5, 0.6) is 0 Å². The molecule has 7 nitrogen and oxygen atoms in total. The van der Waals surface area contributed by atoms with Crippen molar-refractivity contribution in [3.63, 3.8) is 0 Å². The number of carbonyl (C=O) groups is 1. The summed E-state index contributed by atoms with van der Waals surface area (Å²) in [5, 5.41) is 11.6. The number of esters is 1. The lowest BCUT2D eigenvalue weighted by Crippen LogP contribution is -2.31. The Labute approximate surface area is 171 Å². The van der Waals surface area contributed by atoms with Gasteiger partial charge in [0.25, 0.3) is 11.2 Å². The molecular weight excluding hydrogens is 396 g/mol. The van der Waals surface area contributed by atoms with E-state index >= 15 is 0 Å². The van der Waals surface area contributed by atoms with Crippen molar-refractivity contribution in [3.8, 4) is 11.1 Å². The fraction of sp³-hybridized carbons (Fsp3) is 0.143. The zero-order valence-electron chi connectivity index (χ0n) is 15.4. The molecule has 0 spiro atoms. The van der Waals surface area contributed by atoms with Crippen molar-refractivity contribution in [1.82, 2.24) is 4.57 Å². The lowest BCUT2D eigenvalue weighted by atomic mass is 10.0. The third kappa shape index (κ3) is 4.52. The van der Waals surface area contributed by atoms with E-state index in [2.05, 4.69) is 0 Å². The Morgan fingerprint density at radius 1 is 1.17 bits per heavy atom. The van der Waals surface area contributed by atoms with Crippen LogP contribution in [0.4, 0.5) is 5.69 Å². The monoisotopic (exact) mass is 412 g/mol. The van der Waals surface area contributed by atoms with Gasteiger partial charge in [-0.1, -0.05) is 41.9 Å². The Morgan fingerprint density at radius 3 is 2.52 bits per heavy atom. The van der Waals surface area contributed by atoms with Crippen LogP contribution in [0.25, 0.3) is 11.1 Å². The maximum absolute atomic E-state index is 12.8. The van der Waals surface area contributed by atoms with E-state index in [1.165, 1.54) is 42.1 Å². The first kappa shape index (κ1) is 20.3. The van der Waals surface area contributed by atoms with Crippen LogP contribution in [-0.4, -0.2) is 22.6 Å². The number of nitrogens with zero attached hydrogens (tertiary/aromatic N) is 2. The molecule has 3 rings (SSSR count). The normalized spacial score (nSPS) is 11.7. The molecule has 2 aromatic carbocycles. The second kappa shape index (κ2) is 8.70. The van der Waals surface area contributed by atoms with Crippen LogP contribution in [0, 0.1) is 10.1 Å². The molecule has 29 heavy (non-hydrogen) atoms. The van der Waals surface area contributed by atoms with Crippen molar-refractivity contribution >= 4 is 23.3 Å². The molecule has 0 aliphatic carbocycles. The first-order chi connectivity index (χ1) is 13.9. The summed E-state index contributed by atoms with van der Waals surface area (Å²) >= 11 is 5.98. The molecule has 0 radical (unpaired) electrons. The van der Waals surface area contributed by atoms with Gasteiger partial charge in [0.15, 0.2) is 0 Å². The van der Waals surface area contributed by atoms with E-state index in [0.717, 1.165) is 5.56 Å². The van der Waals surface area contributed by atoms with Crippen molar-refractivity contribution in [3.05, 3.63) is 97.9 Å². The van der Waals surface area contributed by atoms with Crippen molar-refractivity contribution in [2.24, 2.45) is 0 Å². The summed E-state index contributed by atoms with van der Waals surface area (Å²) in [5.41, 5.74) is 0.779. The minimum Gasteiger partial charge on any atom is -0.467 e. The third-order valence-corrected chi connectivity index (χ3v) is 4.73. The summed E-state index contributed by atoms with van der Waals surface area (Å²) < 4.78 is 6.13. The average Bonchev–Trinajstić information content (AvgIpc) is 2.72. The van der Waals surface area contributed by atoms with Crippen LogP contribution in [-0.2, 0) is 16.0 Å². The molecule has 0 amide bonds. The molecule has 1 heterocycles. The van der Waals surface area contributed by atoms with Gasteiger partial charge in [-0.05, 0) is 29.3 Å².